The average Bonchev–Trinajstić information content (AvgIpc) is 2.45. The lowest BCUT2D eigenvalue weighted by atomic mass is 10.2. The Kier molecular flexibility index (Phi) is 9.84. The molecule has 0 aliphatic heterocycles. The third-order valence-electron chi connectivity index (χ3n) is 2.41. The predicted molar refractivity (Wildman–Crippen MR) is 81.5 cm³/mol. The largest absolute Gasteiger partial charge is 0.445 e. The Bertz CT molecular complexity index is 532. The highest BCUT2D eigenvalue weighted by molar-refractivity contribution is 7.51. The van der Waals surface area contributed by atoms with Crippen molar-refractivity contribution in [3.8, 4) is 0 Å². The summed E-state index contributed by atoms with van der Waals surface area (Å²) in [5.41, 5.74) is 5.72. The Balaban J connectivity index is 0.000000422. The van der Waals surface area contributed by atoms with E-state index < -0.39 is 19.6 Å². The summed E-state index contributed by atoms with van der Waals surface area (Å²) in [6.45, 7) is 1.36. The van der Waals surface area contributed by atoms with Crippen LogP contribution in [0.25, 0.3) is 0 Å². The van der Waals surface area contributed by atoms with Crippen LogP contribution in [0, 0.1) is 0 Å². The van der Waals surface area contributed by atoms with Crippen molar-refractivity contribution in [2.75, 3.05) is 12.7 Å². The zero-order chi connectivity index (χ0) is 17.9. The van der Waals surface area contributed by atoms with Crippen molar-refractivity contribution in [1.29, 1.82) is 0 Å². The fourth-order valence-corrected chi connectivity index (χ4v) is 1.87. The van der Waals surface area contributed by atoms with E-state index in [9.17, 15) is 14.2 Å². The molecule has 0 unspecified atom stereocenters. The summed E-state index contributed by atoms with van der Waals surface area (Å²) in [5.74, 6) is -0.541. The number of hydrogen-bond donors (Lipinski definition) is 4. The number of carbonyl (C=O) groups excluding carboxylic acids is 2. The number of amides is 2. The van der Waals surface area contributed by atoms with E-state index in [1.807, 2.05) is 30.3 Å². The monoisotopic (exact) mass is 348 g/mol. The highest BCUT2D eigenvalue weighted by atomic mass is 31.2. The number of hydrogen-bond acceptors (Lipinski definition) is 5. The number of ether oxygens (including phenoxy) is 1. The van der Waals surface area contributed by atoms with E-state index in [1.54, 1.807) is 0 Å². The van der Waals surface area contributed by atoms with Crippen LogP contribution in [0.4, 0.5) is 4.79 Å². The first-order chi connectivity index (χ1) is 10.6. The van der Waals surface area contributed by atoms with Crippen LogP contribution in [0.2, 0.25) is 0 Å². The number of carbonyl (C=O) groups is 2. The Hall–Kier alpha value is -1.93. The molecule has 1 rings (SSSR count). The number of nitrogens with two attached hydrogens (primary N) is 1. The van der Waals surface area contributed by atoms with Gasteiger partial charge in [0.15, 0.2) is 0 Å². The molecule has 2 amide bonds. The lowest BCUT2D eigenvalue weighted by Crippen LogP contribution is -2.26. The van der Waals surface area contributed by atoms with Crippen LogP contribution in [-0.4, -0.2) is 44.8 Å². The summed E-state index contributed by atoms with van der Waals surface area (Å²) < 4.78 is 14.9. The molecule has 0 aliphatic carbocycles. The molecule has 23 heavy (non-hydrogen) atoms. The standard InChI is InChI=1S/C8H9NO2.C5H12NO5P/c9-8(10)11-6-7-4-2-1-3-5-7;1-5(7)6(8)3-2-4-12(9,10)11/h1-5H,6H2,(H2,9,10);8H,2-4H2,1H3,(H2,9,10,11). The summed E-state index contributed by atoms with van der Waals surface area (Å²) in [6, 6.07) is 9.37. The molecule has 0 spiro atoms. The van der Waals surface area contributed by atoms with Crippen LogP contribution < -0.4 is 5.73 Å². The zero-order valence-electron chi connectivity index (χ0n) is 12.7. The molecular weight excluding hydrogens is 327 g/mol. The minimum atomic E-state index is -4.00. The molecule has 0 bridgehead atoms. The smallest absolute Gasteiger partial charge is 0.404 e. The van der Waals surface area contributed by atoms with Crippen molar-refractivity contribution in [3.63, 3.8) is 0 Å². The minimum Gasteiger partial charge on any atom is -0.445 e. The quantitative estimate of drug-likeness (QED) is 0.341. The minimum absolute atomic E-state index is 0.0551. The van der Waals surface area contributed by atoms with E-state index in [2.05, 4.69) is 4.74 Å². The molecule has 9 nitrogen and oxygen atoms in total. The second-order valence-corrected chi connectivity index (χ2v) is 6.25. The molecule has 0 fully saturated rings. The van der Waals surface area contributed by atoms with E-state index in [0.717, 1.165) is 12.5 Å². The van der Waals surface area contributed by atoms with Gasteiger partial charge in [-0.3, -0.25) is 14.6 Å². The van der Waals surface area contributed by atoms with Gasteiger partial charge in [-0.15, -0.1) is 0 Å². The molecular formula is C13H21N2O7P. The van der Waals surface area contributed by atoms with Crippen LogP contribution in [0.15, 0.2) is 30.3 Å². The summed E-state index contributed by atoms with van der Waals surface area (Å²) in [7, 11) is -4.00. The maximum atomic E-state index is 10.4. The molecule has 0 saturated carbocycles. The van der Waals surface area contributed by atoms with E-state index in [1.165, 1.54) is 0 Å². The maximum absolute atomic E-state index is 10.4. The van der Waals surface area contributed by atoms with Gasteiger partial charge >= 0.3 is 13.7 Å². The normalized spacial score (nSPS) is 10.3. The average molecular weight is 348 g/mol. The summed E-state index contributed by atoms with van der Waals surface area (Å²) >= 11 is 0. The van der Waals surface area contributed by atoms with Crippen molar-refractivity contribution in [2.24, 2.45) is 5.73 Å². The van der Waals surface area contributed by atoms with E-state index in [-0.39, 0.29) is 25.7 Å². The molecule has 0 heterocycles. The van der Waals surface area contributed by atoms with Gasteiger partial charge in [-0.2, -0.15) is 0 Å². The Morgan fingerprint density at radius 3 is 2.26 bits per heavy atom. The molecule has 0 aromatic heterocycles. The van der Waals surface area contributed by atoms with E-state index in [4.69, 9.17) is 20.7 Å². The van der Waals surface area contributed by atoms with Gasteiger partial charge in [-0.25, -0.2) is 9.86 Å². The van der Waals surface area contributed by atoms with Crippen LogP contribution in [0.3, 0.4) is 0 Å². The van der Waals surface area contributed by atoms with E-state index in [0.29, 0.717) is 5.06 Å². The highest BCUT2D eigenvalue weighted by Gasteiger charge is 2.13. The molecule has 130 valence electrons. The lowest BCUT2D eigenvalue weighted by molar-refractivity contribution is -0.162. The molecule has 0 saturated heterocycles. The van der Waals surface area contributed by atoms with Crippen molar-refractivity contribution in [2.45, 2.75) is 20.0 Å². The molecule has 1 aromatic carbocycles. The number of benzene rings is 1. The second-order valence-electron chi connectivity index (χ2n) is 4.48. The molecule has 0 atom stereocenters. The lowest BCUT2D eigenvalue weighted by Gasteiger charge is -2.11. The highest BCUT2D eigenvalue weighted by Crippen LogP contribution is 2.34. The first kappa shape index (κ1) is 21.1. The molecule has 1 aromatic rings. The third-order valence-corrected chi connectivity index (χ3v) is 3.31. The number of primary amides is 1. The number of nitrogens with zero attached hydrogens (tertiary/aromatic N) is 1. The molecule has 10 heteroatoms. The Morgan fingerprint density at radius 1 is 1.26 bits per heavy atom. The second kappa shape index (κ2) is 10.7. The van der Waals surface area contributed by atoms with Gasteiger partial charge < -0.3 is 20.3 Å². The van der Waals surface area contributed by atoms with Crippen molar-refractivity contribution >= 4 is 19.6 Å². The first-order valence-electron chi connectivity index (χ1n) is 6.59. The summed E-state index contributed by atoms with van der Waals surface area (Å²) in [5, 5.41) is 9.18. The molecule has 0 aliphatic rings. The van der Waals surface area contributed by atoms with Crippen molar-refractivity contribution in [3.05, 3.63) is 35.9 Å². The topological polar surface area (TPSA) is 150 Å². The van der Waals surface area contributed by atoms with Gasteiger partial charge in [-0.05, 0) is 12.0 Å². The van der Waals surface area contributed by atoms with Gasteiger partial charge in [0.2, 0.25) is 5.91 Å². The third kappa shape index (κ3) is 13.5. The molecule has 0 radical (unpaired) electrons. The molecule has 5 N–H and O–H groups in total. The summed E-state index contributed by atoms with van der Waals surface area (Å²) in [4.78, 5) is 37.3. The summed E-state index contributed by atoms with van der Waals surface area (Å²) in [6.07, 6.45) is -0.980. The maximum Gasteiger partial charge on any atom is 0.404 e. The number of hydroxylamine groups is 2. The first-order valence-corrected chi connectivity index (χ1v) is 8.39. The van der Waals surface area contributed by atoms with Gasteiger partial charge in [0.25, 0.3) is 0 Å². The van der Waals surface area contributed by atoms with Crippen LogP contribution >= 0.6 is 7.60 Å². The zero-order valence-corrected chi connectivity index (χ0v) is 13.6. The SMILES string of the molecule is CC(=O)N(O)CCCP(=O)(O)O.NC(=O)OCc1ccccc1. The van der Waals surface area contributed by atoms with Gasteiger partial charge in [0.05, 0.1) is 6.16 Å². The van der Waals surface area contributed by atoms with Crippen molar-refractivity contribution in [1.82, 2.24) is 5.06 Å². The van der Waals surface area contributed by atoms with E-state index >= 15 is 0 Å². The van der Waals surface area contributed by atoms with Gasteiger partial charge in [0, 0.05) is 13.5 Å². The number of rotatable bonds is 6. The Morgan fingerprint density at radius 2 is 1.83 bits per heavy atom. The van der Waals surface area contributed by atoms with Crippen LogP contribution in [-0.2, 0) is 20.7 Å². The van der Waals surface area contributed by atoms with Gasteiger partial charge in [-0.1, -0.05) is 30.3 Å². The van der Waals surface area contributed by atoms with Crippen molar-refractivity contribution < 1.29 is 33.9 Å². The van der Waals surface area contributed by atoms with Crippen LogP contribution in [0.5, 0.6) is 0 Å². The fraction of sp³-hybridized carbons (Fsp3) is 0.385. The van der Waals surface area contributed by atoms with Crippen LogP contribution in [0.1, 0.15) is 18.9 Å². The fourth-order valence-electron chi connectivity index (χ4n) is 1.31. The predicted octanol–water partition coefficient (Wildman–Crippen LogP) is 1.07. The Labute approximate surface area is 133 Å². The van der Waals surface area contributed by atoms with Gasteiger partial charge in [0.1, 0.15) is 6.61 Å².